The number of hydrogen-bond donors (Lipinski definition) is 1. The SMILES string of the molecule is CC.CC.CCN1CCN(c2ccc(Nc3nc(-c4cccc(CC#N)c4)c4ccn(S(=O)(=O)c5ccc(C)cc5)c4n3)cc2F)CC1. The Labute approximate surface area is 283 Å². The summed E-state index contributed by atoms with van der Waals surface area (Å²) in [6.45, 7) is 16.3. The first-order valence-electron chi connectivity index (χ1n) is 16.5. The fourth-order valence-electron chi connectivity index (χ4n) is 5.48. The number of halogens is 1. The molecule has 6 rings (SSSR count). The maximum Gasteiger partial charge on any atom is 0.269 e. The molecule has 2 aromatic heterocycles. The van der Waals surface area contributed by atoms with Crippen molar-refractivity contribution in [1.29, 1.82) is 5.26 Å². The molecule has 0 spiro atoms. The summed E-state index contributed by atoms with van der Waals surface area (Å²) in [5.41, 5.74) is 4.07. The number of hydrogen-bond acceptors (Lipinski definition) is 8. The van der Waals surface area contributed by atoms with Crippen LogP contribution in [0.5, 0.6) is 0 Å². The summed E-state index contributed by atoms with van der Waals surface area (Å²) in [5.74, 6) is -0.253. The highest BCUT2D eigenvalue weighted by molar-refractivity contribution is 7.90. The number of fused-ring (bicyclic) bond motifs is 1. The van der Waals surface area contributed by atoms with E-state index in [0.717, 1.165) is 47.8 Å². The van der Waals surface area contributed by atoms with Crippen LogP contribution in [0.1, 0.15) is 45.7 Å². The molecular weight excluding hydrogens is 626 g/mol. The minimum absolute atomic E-state index is 0.112. The molecule has 1 saturated heterocycles. The fourth-order valence-corrected chi connectivity index (χ4v) is 6.78. The van der Waals surface area contributed by atoms with E-state index in [0.29, 0.717) is 28.0 Å². The van der Waals surface area contributed by atoms with Crippen LogP contribution in [-0.2, 0) is 16.4 Å². The standard InChI is InChI=1S/C33H32FN7O2S.2C2H6/c1-3-39-17-19-40(20-18-39)30-12-9-26(22-29(30)34)36-33-37-31(25-6-4-5-24(21-25)13-15-35)28-14-16-41(32(28)38-33)44(42,43)27-10-7-23(2)8-11-27;2*1-2/h4-12,14,16,21-22H,3,13,17-20H2,1-2H3,(H,36,37,38);2*1-2H3. The van der Waals surface area contributed by atoms with Crippen molar-refractivity contribution in [3.8, 4) is 17.3 Å². The summed E-state index contributed by atoms with van der Waals surface area (Å²) in [4.78, 5) is 13.9. The van der Waals surface area contributed by atoms with Crippen molar-refractivity contribution >= 4 is 38.4 Å². The Morgan fingerprint density at radius 3 is 2.27 bits per heavy atom. The normalized spacial score (nSPS) is 13.2. The molecule has 0 atom stereocenters. The number of likely N-dealkylation sites (N-methyl/N-ethyl adjacent to an activating group) is 1. The Hall–Kier alpha value is -4.79. The molecule has 11 heteroatoms. The molecule has 0 bridgehead atoms. The summed E-state index contributed by atoms with van der Waals surface area (Å²) < 4.78 is 44.0. The monoisotopic (exact) mass is 669 g/mol. The zero-order valence-corrected chi connectivity index (χ0v) is 29.4. The number of aromatic nitrogens is 3. The number of rotatable bonds is 8. The molecule has 9 nitrogen and oxygen atoms in total. The van der Waals surface area contributed by atoms with Gasteiger partial charge in [-0.15, -0.1) is 0 Å². The highest BCUT2D eigenvalue weighted by atomic mass is 32.2. The molecule has 1 aliphatic rings. The van der Waals surface area contributed by atoms with Crippen LogP contribution in [0.4, 0.5) is 21.7 Å². The number of aryl methyl sites for hydroxylation is 1. The number of benzene rings is 3. The molecule has 0 amide bonds. The lowest BCUT2D eigenvalue weighted by molar-refractivity contribution is 0.270. The van der Waals surface area contributed by atoms with Crippen molar-refractivity contribution in [3.63, 3.8) is 0 Å². The molecule has 0 saturated carbocycles. The van der Waals surface area contributed by atoms with E-state index in [1.165, 1.54) is 12.3 Å². The molecule has 1 aliphatic heterocycles. The molecule has 5 aromatic rings. The lowest BCUT2D eigenvalue weighted by atomic mass is 10.0. The molecule has 48 heavy (non-hydrogen) atoms. The third kappa shape index (κ3) is 7.84. The quantitative estimate of drug-likeness (QED) is 0.179. The number of nitrogens with one attached hydrogen (secondary N) is 1. The van der Waals surface area contributed by atoms with E-state index in [1.54, 1.807) is 42.5 Å². The smallest absolute Gasteiger partial charge is 0.269 e. The van der Waals surface area contributed by atoms with Gasteiger partial charge < -0.3 is 15.1 Å². The van der Waals surface area contributed by atoms with Crippen LogP contribution in [0.3, 0.4) is 0 Å². The number of piperazine rings is 1. The van der Waals surface area contributed by atoms with Crippen molar-refractivity contribution in [2.45, 2.75) is 52.9 Å². The molecule has 3 heterocycles. The van der Waals surface area contributed by atoms with Crippen molar-refractivity contribution in [3.05, 3.63) is 95.9 Å². The van der Waals surface area contributed by atoms with E-state index in [9.17, 15) is 13.7 Å². The van der Waals surface area contributed by atoms with Crippen LogP contribution in [0.2, 0.25) is 0 Å². The third-order valence-corrected chi connectivity index (χ3v) is 9.62. The van der Waals surface area contributed by atoms with Gasteiger partial charge in [-0.2, -0.15) is 10.2 Å². The van der Waals surface area contributed by atoms with E-state index in [1.807, 2.05) is 63.8 Å². The Morgan fingerprint density at radius 2 is 1.62 bits per heavy atom. The van der Waals surface area contributed by atoms with Crippen LogP contribution >= 0.6 is 0 Å². The van der Waals surface area contributed by atoms with Crippen LogP contribution < -0.4 is 10.2 Å². The largest absolute Gasteiger partial charge is 0.367 e. The van der Waals surface area contributed by atoms with Crippen LogP contribution in [-0.4, -0.2) is 60.0 Å². The second kappa shape index (κ2) is 16.4. The van der Waals surface area contributed by atoms with E-state index in [-0.39, 0.29) is 28.7 Å². The number of anilines is 3. The summed E-state index contributed by atoms with van der Waals surface area (Å²) in [6, 6.07) is 22.8. The Balaban J connectivity index is 0.00000125. The van der Waals surface area contributed by atoms with Gasteiger partial charge in [0.2, 0.25) is 5.95 Å². The maximum atomic E-state index is 15.4. The van der Waals surface area contributed by atoms with Gasteiger partial charge in [0.15, 0.2) is 5.65 Å². The first-order valence-corrected chi connectivity index (χ1v) is 17.9. The maximum absolute atomic E-state index is 15.4. The van der Waals surface area contributed by atoms with Crippen molar-refractivity contribution in [2.75, 3.05) is 42.9 Å². The fraction of sp³-hybridized carbons (Fsp3) is 0.324. The molecule has 3 aromatic carbocycles. The lowest BCUT2D eigenvalue weighted by Crippen LogP contribution is -2.46. The minimum atomic E-state index is -3.99. The molecular formula is C37H44FN7O2S. The molecule has 1 fully saturated rings. The second-order valence-electron chi connectivity index (χ2n) is 10.8. The number of nitrogens with zero attached hydrogens (tertiary/aromatic N) is 6. The molecule has 1 N–H and O–H groups in total. The van der Waals surface area contributed by atoms with E-state index < -0.39 is 10.0 Å². The van der Waals surface area contributed by atoms with Gasteiger partial charge in [-0.1, -0.05) is 70.5 Å². The van der Waals surface area contributed by atoms with Gasteiger partial charge in [0.05, 0.1) is 28.8 Å². The van der Waals surface area contributed by atoms with Crippen LogP contribution in [0.15, 0.2) is 83.9 Å². The predicted octanol–water partition coefficient (Wildman–Crippen LogP) is 7.79. The van der Waals surface area contributed by atoms with Crippen LogP contribution in [0.25, 0.3) is 22.3 Å². The summed E-state index contributed by atoms with van der Waals surface area (Å²) in [7, 11) is -3.99. The third-order valence-electron chi connectivity index (χ3n) is 7.94. The van der Waals surface area contributed by atoms with Gasteiger partial charge in [-0.25, -0.2) is 21.8 Å². The van der Waals surface area contributed by atoms with Crippen LogP contribution in [0, 0.1) is 24.1 Å². The first-order chi connectivity index (χ1) is 23.3. The van der Waals surface area contributed by atoms with Gasteiger partial charge in [0, 0.05) is 49.0 Å². The average molecular weight is 670 g/mol. The Morgan fingerprint density at radius 1 is 0.917 bits per heavy atom. The van der Waals surface area contributed by atoms with E-state index in [2.05, 4.69) is 28.2 Å². The predicted molar refractivity (Wildman–Crippen MR) is 193 cm³/mol. The summed E-state index contributed by atoms with van der Waals surface area (Å²) >= 11 is 0. The molecule has 0 radical (unpaired) electrons. The zero-order chi connectivity index (χ0) is 34.8. The second-order valence-corrected chi connectivity index (χ2v) is 12.6. The van der Waals surface area contributed by atoms with Gasteiger partial charge in [-0.3, -0.25) is 0 Å². The van der Waals surface area contributed by atoms with Crippen molar-refractivity contribution in [1.82, 2.24) is 18.8 Å². The first kappa shape index (κ1) is 36.1. The molecule has 0 aliphatic carbocycles. The minimum Gasteiger partial charge on any atom is -0.367 e. The highest BCUT2D eigenvalue weighted by Gasteiger charge is 2.23. The lowest BCUT2D eigenvalue weighted by Gasteiger charge is -2.35. The Kier molecular flexibility index (Phi) is 12.3. The Bertz CT molecular complexity index is 1980. The van der Waals surface area contributed by atoms with Crippen molar-refractivity contribution < 1.29 is 12.8 Å². The van der Waals surface area contributed by atoms with Gasteiger partial charge in [-0.05, 0) is 61.5 Å². The van der Waals surface area contributed by atoms with Crippen molar-refractivity contribution in [2.24, 2.45) is 0 Å². The summed E-state index contributed by atoms with van der Waals surface area (Å²) in [6.07, 6.45) is 1.68. The number of nitriles is 1. The average Bonchev–Trinajstić information content (AvgIpc) is 3.55. The van der Waals surface area contributed by atoms with E-state index >= 15 is 4.39 Å². The highest BCUT2D eigenvalue weighted by Crippen LogP contribution is 2.32. The van der Waals surface area contributed by atoms with E-state index in [4.69, 9.17) is 4.98 Å². The topological polar surface area (TPSA) is 107 Å². The van der Waals surface area contributed by atoms with Gasteiger partial charge in [0.1, 0.15) is 5.82 Å². The molecule has 0 unspecified atom stereocenters. The van der Waals surface area contributed by atoms with Gasteiger partial charge in [0.25, 0.3) is 10.0 Å². The van der Waals surface area contributed by atoms with Gasteiger partial charge >= 0.3 is 0 Å². The molecule has 252 valence electrons. The summed E-state index contributed by atoms with van der Waals surface area (Å²) in [5, 5.41) is 12.9. The zero-order valence-electron chi connectivity index (χ0n) is 28.5.